The van der Waals surface area contributed by atoms with Crippen molar-refractivity contribution < 1.29 is 18.7 Å². The van der Waals surface area contributed by atoms with Gasteiger partial charge in [-0.05, 0) is 62.6 Å². The average Bonchev–Trinajstić information content (AvgIpc) is 3.16. The normalized spacial score (nSPS) is 11.8. The molecule has 0 spiro atoms. The van der Waals surface area contributed by atoms with Gasteiger partial charge in [-0.15, -0.1) is 11.3 Å². The number of benzene rings is 2. The molecule has 0 radical (unpaired) electrons. The van der Waals surface area contributed by atoms with E-state index >= 15 is 0 Å². The third-order valence-electron chi connectivity index (χ3n) is 4.63. The second-order valence-corrected chi connectivity index (χ2v) is 9.72. The first-order chi connectivity index (χ1) is 15.3. The minimum Gasteiger partial charge on any atom is -0.486 e. The SMILES string of the molecule is COC(=O)c1ccc(COc2c(C)cc(C)cc2N(CC(C)F)Sc2nc(C)cs2)cc1. The zero-order valence-corrected chi connectivity index (χ0v) is 20.5. The number of nitrogens with zero attached hydrogens (tertiary/aromatic N) is 2. The van der Waals surface area contributed by atoms with Crippen molar-refractivity contribution in [1.29, 1.82) is 0 Å². The van der Waals surface area contributed by atoms with Crippen LogP contribution in [0.3, 0.4) is 0 Å². The van der Waals surface area contributed by atoms with Gasteiger partial charge in [0.25, 0.3) is 0 Å². The molecular formula is C24H27FN2O3S2. The average molecular weight is 475 g/mol. The number of halogens is 1. The molecule has 8 heteroatoms. The molecule has 0 saturated heterocycles. The second-order valence-electron chi connectivity index (χ2n) is 7.60. The number of ether oxygens (including phenoxy) is 2. The number of carbonyl (C=O) groups excluding carboxylic acids is 1. The number of rotatable bonds is 9. The van der Waals surface area contributed by atoms with Crippen molar-refractivity contribution in [2.75, 3.05) is 18.0 Å². The lowest BCUT2D eigenvalue weighted by Gasteiger charge is -2.26. The molecule has 1 heterocycles. The van der Waals surface area contributed by atoms with Gasteiger partial charge >= 0.3 is 5.97 Å². The van der Waals surface area contributed by atoms with Crippen LogP contribution in [-0.4, -0.2) is 30.8 Å². The van der Waals surface area contributed by atoms with Crippen LogP contribution in [0, 0.1) is 20.8 Å². The van der Waals surface area contributed by atoms with Crippen molar-refractivity contribution in [3.05, 3.63) is 69.7 Å². The molecule has 0 aliphatic rings. The highest BCUT2D eigenvalue weighted by atomic mass is 32.2. The van der Waals surface area contributed by atoms with Crippen molar-refractivity contribution in [3.63, 3.8) is 0 Å². The Morgan fingerprint density at radius 3 is 2.53 bits per heavy atom. The van der Waals surface area contributed by atoms with Crippen LogP contribution in [0.25, 0.3) is 0 Å². The van der Waals surface area contributed by atoms with Crippen molar-refractivity contribution in [1.82, 2.24) is 4.98 Å². The molecule has 1 unspecified atom stereocenters. The van der Waals surface area contributed by atoms with Crippen LogP contribution in [0.5, 0.6) is 5.75 Å². The molecule has 1 atom stereocenters. The summed E-state index contributed by atoms with van der Waals surface area (Å²) in [6, 6.07) is 11.2. The predicted octanol–water partition coefficient (Wildman–Crippen LogP) is 6.31. The Morgan fingerprint density at radius 2 is 1.94 bits per heavy atom. The summed E-state index contributed by atoms with van der Waals surface area (Å²) in [5.41, 5.74) is 5.20. The highest BCUT2D eigenvalue weighted by Gasteiger charge is 2.20. The van der Waals surface area contributed by atoms with E-state index in [9.17, 15) is 9.18 Å². The number of methoxy groups -OCH3 is 1. The van der Waals surface area contributed by atoms with Crippen LogP contribution in [0.4, 0.5) is 10.1 Å². The van der Waals surface area contributed by atoms with Gasteiger partial charge in [-0.1, -0.05) is 18.2 Å². The molecule has 0 amide bonds. The van der Waals surface area contributed by atoms with E-state index in [4.69, 9.17) is 9.47 Å². The number of anilines is 1. The van der Waals surface area contributed by atoms with E-state index in [-0.39, 0.29) is 12.5 Å². The van der Waals surface area contributed by atoms with E-state index in [2.05, 4.69) is 11.1 Å². The largest absolute Gasteiger partial charge is 0.486 e. The van der Waals surface area contributed by atoms with E-state index in [1.54, 1.807) is 19.1 Å². The zero-order valence-electron chi connectivity index (χ0n) is 18.8. The van der Waals surface area contributed by atoms with Gasteiger partial charge < -0.3 is 13.8 Å². The number of aromatic nitrogens is 1. The lowest BCUT2D eigenvalue weighted by Crippen LogP contribution is -2.23. The molecule has 32 heavy (non-hydrogen) atoms. The standard InChI is InChI=1S/C24H27FN2O3S2/c1-15-10-16(2)22(30-13-19-6-8-20(9-7-19)23(28)29-5)21(11-15)27(12-17(3)25)32-24-26-18(4)14-31-24/h6-11,14,17H,12-13H2,1-5H3. The Labute approximate surface area is 196 Å². The number of thiazole rings is 1. The summed E-state index contributed by atoms with van der Waals surface area (Å²) in [6.07, 6.45) is -1.02. The van der Waals surface area contributed by atoms with Crippen LogP contribution in [0.2, 0.25) is 0 Å². The van der Waals surface area contributed by atoms with Crippen LogP contribution in [0.1, 0.15) is 39.7 Å². The van der Waals surface area contributed by atoms with Gasteiger partial charge in [0.2, 0.25) is 0 Å². The molecule has 0 aliphatic carbocycles. The second kappa shape index (κ2) is 10.8. The molecule has 0 aliphatic heterocycles. The highest BCUT2D eigenvalue weighted by molar-refractivity contribution is 8.02. The maximum atomic E-state index is 14.1. The number of carbonyl (C=O) groups is 1. The maximum Gasteiger partial charge on any atom is 0.337 e. The molecule has 0 N–H and O–H groups in total. The predicted molar refractivity (Wildman–Crippen MR) is 129 cm³/mol. The van der Waals surface area contributed by atoms with Gasteiger partial charge in [0.1, 0.15) is 18.5 Å². The quantitative estimate of drug-likeness (QED) is 0.268. The molecule has 3 aromatic rings. The number of aryl methyl sites for hydroxylation is 3. The van der Waals surface area contributed by atoms with Crippen molar-refractivity contribution in [3.8, 4) is 5.75 Å². The highest BCUT2D eigenvalue weighted by Crippen LogP contribution is 2.40. The molecular weight excluding hydrogens is 447 g/mol. The minimum atomic E-state index is -1.02. The Morgan fingerprint density at radius 1 is 1.22 bits per heavy atom. The van der Waals surface area contributed by atoms with Gasteiger partial charge in [0, 0.05) is 23.0 Å². The topological polar surface area (TPSA) is 51.7 Å². The van der Waals surface area contributed by atoms with E-state index in [1.165, 1.54) is 30.4 Å². The molecule has 0 saturated carbocycles. The Bertz CT molecular complexity index is 1070. The maximum absolute atomic E-state index is 14.1. The van der Waals surface area contributed by atoms with Gasteiger partial charge in [-0.2, -0.15) is 0 Å². The van der Waals surface area contributed by atoms with Gasteiger partial charge in [-0.25, -0.2) is 14.2 Å². The van der Waals surface area contributed by atoms with Crippen molar-refractivity contribution in [2.45, 2.75) is 44.8 Å². The summed E-state index contributed by atoms with van der Waals surface area (Å²) < 4.78 is 27.9. The van der Waals surface area contributed by atoms with Crippen LogP contribution >= 0.6 is 23.3 Å². The minimum absolute atomic E-state index is 0.205. The summed E-state index contributed by atoms with van der Waals surface area (Å²) in [6.45, 7) is 8.02. The Kier molecular flexibility index (Phi) is 8.15. The molecule has 0 bridgehead atoms. The summed E-state index contributed by atoms with van der Waals surface area (Å²) in [7, 11) is 1.36. The first-order valence-electron chi connectivity index (χ1n) is 10.2. The fraction of sp³-hybridized carbons (Fsp3) is 0.333. The van der Waals surface area contributed by atoms with Crippen molar-refractivity contribution in [2.24, 2.45) is 0 Å². The molecule has 0 fully saturated rings. The van der Waals surface area contributed by atoms with Crippen LogP contribution in [-0.2, 0) is 11.3 Å². The Balaban J connectivity index is 1.87. The number of esters is 1. The van der Waals surface area contributed by atoms with Crippen LogP contribution in [0.15, 0.2) is 46.1 Å². The number of alkyl halides is 1. The van der Waals surface area contributed by atoms with E-state index in [0.29, 0.717) is 17.9 Å². The van der Waals surface area contributed by atoms with Crippen molar-refractivity contribution >= 4 is 34.9 Å². The first kappa shape index (κ1) is 24.1. The summed E-state index contributed by atoms with van der Waals surface area (Å²) >= 11 is 2.96. The summed E-state index contributed by atoms with van der Waals surface area (Å²) in [4.78, 5) is 16.2. The third-order valence-corrected chi connectivity index (χ3v) is 6.71. The fourth-order valence-electron chi connectivity index (χ4n) is 3.20. The lowest BCUT2D eigenvalue weighted by molar-refractivity contribution is 0.0600. The smallest absolute Gasteiger partial charge is 0.337 e. The number of hydrogen-bond acceptors (Lipinski definition) is 7. The summed E-state index contributed by atoms with van der Waals surface area (Å²) in [5.74, 6) is 0.327. The zero-order chi connectivity index (χ0) is 23.3. The van der Waals surface area contributed by atoms with Gasteiger partial charge in [0.15, 0.2) is 4.34 Å². The van der Waals surface area contributed by atoms with Gasteiger partial charge in [-0.3, -0.25) is 0 Å². The van der Waals surface area contributed by atoms with E-state index in [0.717, 1.165) is 32.4 Å². The molecule has 5 nitrogen and oxygen atoms in total. The van der Waals surface area contributed by atoms with E-state index < -0.39 is 6.17 Å². The first-order valence-corrected chi connectivity index (χ1v) is 11.8. The van der Waals surface area contributed by atoms with E-state index in [1.807, 2.05) is 48.7 Å². The lowest BCUT2D eigenvalue weighted by atomic mass is 10.1. The molecule has 2 aromatic carbocycles. The number of hydrogen-bond donors (Lipinski definition) is 0. The Hall–Kier alpha value is -2.58. The summed E-state index contributed by atoms with van der Waals surface area (Å²) in [5, 5.41) is 1.98. The molecule has 170 valence electrons. The monoisotopic (exact) mass is 474 g/mol. The van der Waals surface area contributed by atoms with Gasteiger partial charge in [0.05, 0.1) is 24.9 Å². The third kappa shape index (κ3) is 6.23. The molecule has 1 aromatic heterocycles. The fourth-order valence-corrected chi connectivity index (χ4v) is 5.19. The molecule has 3 rings (SSSR count). The van der Waals surface area contributed by atoms with Crippen LogP contribution < -0.4 is 9.04 Å².